The highest BCUT2D eigenvalue weighted by atomic mass is 35.5. The molecule has 0 spiro atoms. The molecular weight excluding hydrogens is 396 g/mol. The molecule has 138 valence electrons. The molecule has 0 aliphatic rings. The molecule has 2 aromatic carbocycles. The van der Waals surface area contributed by atoms with Crippen molar-refractivity contribution in [3.05, 3.63) is 70.1 Å². The zero-order valence-corrected chi connectivity index (χ0v) is 15.2. The number of carbonyl (C=O) groups is 2. The molecule has 0 fully saturated rings. The number of amides is 2. The maximum absolute atomic E-state index is 13.8. The second kappa shape index (κ2) is 8.24. The van der Waals surface area contributed by atoms with Gasteiger partial charge in [-0.2, -0.15) is 0 Å². The van der Waals surface area contributed by atoms with E-state index in [-0.39, 0.29) is 33.5 Å². The molecule has 0 atom stereocenters. The van der Waals surface area contributed by atoms with Gasteiger partial charge in [0.2, 0.25) is 5.91 Å². The van der Waals surface area contributed by atoms with Crippen molar-refractivity contribution in [3.8, 4) is 11.3 Å². The van der Waals surface area contributed by atoms with Gasteiger partial charge in [0, 0.05) is 10.9 Å². The predicted octanol–water partition coefficient (Wildman–Crippen LogP) is 4.11. The van der Waals surface area contributed by atoms with E-state index in [1.807, 2.05) is 0 Å². The lowest BCUT2D eigenvalue weighted by atomic mass is 10.1. The van der Waals surface area contributed by atoms with Crippen molar-refractivity contribution in [2.45, 2.75) is 0 Å². The van der Waals surface area contributed by atoms with Gasteiger partial charge in [0.25, 0.3) is 5.91 Å². The van der Waals surface area contributed by atoms with Crippen molar-refractivity contribution in [3.63, 3.8) is 0 Å². The van der Waals surface area contributed by atoms with E-state index >= 15 is 0 Å². The Kier molecular flexibility index (Phi) is 5.78. The average molecular weight is 408 g/mol. The van der Waals surface area contributed by atoms with Crippen molar-refractivity contribution in [2.75, 3.05) is 11.9 Å². The molecule has 0 unspecified atom stereocenters. The van der Waals surface area contributed by atoms with E-state index in [0.29, 0.717) is 0 Å². The number of nitrogens with one attached hydrogen (secondary N) is 2. The van der Waals surface area contributed by atoms with Gasteiger partial charge in [-0.25, -0.2) is 13.8 Å². The summed E-state index contributed by atoms with van der Waals surface area (Å²) in [5, 5.41) is 6.91. The number of carbonyl (C=O) groups excluding carboxylic acids is 2. The van der Waals surface area contributed by atoms with E-state index in [1.165, 1.54) is 11.4 Å². The maximum Gasteiger partial charge on any atom is 0.253 e. The molecule has 0 bridgehead atoms. The molecule has 2 N–H and O–H groups in total. The summed E-state index contributed by atoms with van der Waals surface area (Å²) < 4.78 is 27.1. The third-order valence-electron chi connectivity index (χ3n) is 3.48. The van der Waals surface area contributed by atoms with Gasteiger partial charge in [-0.3, -0.25) is 9.59 Å². The van der Waals surface area contributed by atoms with Gasteiger partial charge in [0.05, 0.1) is 22.8 Å². The van der Waals surface area contributed by atoms with Crippen LogP contribution in [0.5, 0.6) is 0 Å². The van der Waals surface area contributed by atoms with Gasteiger partial charge in [-0.1, -0.05) is 23.7 Å². The molecule has 0 saturated heterocycles. The molecule has 3 aromatic rings. The zero-order valence-electron chi connectivity index (χ0n) is 13.6. The lowest BCUT2D eigenvalue weighted by molar-refractivity contribution is -0.115. The van der Waals surface area contributed by atoms with Crippen LogP contribution in [0.4, 0.5) is 13.9 Å². The van der Waals surface area contributed by atoms with Gasteiger partial charge in [-0.05, 0) is 30.3 Å². The first-order chi connectivity index (χ1) is 12.9. The summed E-state index contributed by atoms with van der Waals surface area (Å²) in [6.07, 6.45) is 0. The minimum atomic E-state index is -0.619. The highest BCUT2D eigenvalue weighted by molar-refractivity contribution is 7.14. The van der Waals surface area contributed by atoms with E-state index in [1.54, 1.807) is 18.2 Å². The fourth-order valence-corrected chi connectivity index (χ4v) is 3.16. The van der Waals surface area contributed by atoms with Gasteiger partial charge in [0.15, 0.2) is 5.13 Å². The largest absolute Gasteiger partial charge is 0.343 e. The molecule has 0 saturated carbocycles. The summed E-state index contributed by atoms with van der Waals surface area (Å²) in [6, 6.07) is 9.49. The van der Waals surface area contributed by atoms with Crippen molar-refractivity contribution >= 4 is 39.9 Å². The third kappa shape index (κ3) is 4.66. The maximum atomic E-state index is 13.8. The SMILES string of the molecule is O=C(CNC(=O)c1ccccc1Cl)Nc1nc(-c2cc(F)ccc2F)cs1. The van der Waals surface area contributed by atoms with Gasteiger partial charge < -0.3 is 10.6 Å². The number of anilines is 1. The summed E-state index contributed by atoms with van der Waals surface area (Å²) >= 11 is 6.98. The number of benzene rings is 2. The fraction of sp³-hybridized carbons (Fsp3) is 0.0556. The Hall–Kier alpha value is -2.84. The summed E-state index contributed by atoms with van der Waals surface area (Å²) in [6.45, 7) is -0.298. The topological polar surface area (TPSA) is 71.1 Å². The number of aromatic nitrogens is 1. The lowest BCUT2D eigenvalue weighted by Gasteiger charge is -2.06. The predicted molar refractivity (Wildman–Crippen MR) is 99.9 cm³/mol. The summed E-state index contributed by atoms with van der Waals surface area (Å²) in [4.78, 5) is 28.1. The Bertz CT molecular complexity index is 1010. The normalized spacial score (nSPS) is 10.5. The Balaban J connectivity index is 1.60. The summed E-state index contributed by atoms with van der Waals surface area (Å²) in [5.74, 6) is -2.22. The Labute approximate surface area is 162 Å². The van der Waals surface area contributed by atoms with Crippen LogP contribution in [-0.2, 0) is 4.79 Å². The van der Waals surface area contributed by atoms with Crippen LogP contribution in [0.1, 0.15) is 10.4 Å². The lowest BCUT2D eigenvalue weighted by Crippen LogP contribution is -2.32. The standard InChI is InChI=1S/C18H12ClF2N3O2S/c19-13-4-2-1-3-11(13)17(26)22-8-16(25)24-18-23-15(9-27-18)12-7-10(20)5-6-14(12)21/h1-7,9H,8H2,(H,22,26)(H,23,24,25). The van der Waals surface area contributed by atoms with Crippen LogP contribution in [0.2, 0.25) is 5.02 Å². The minimum absolute atomic E-state index is 0.00114. The number of thiazole rings is 1. The third-order valence-corrected chi connectivity index (χ3v) is 4.57. The van der Waals surface area contributed by atoms with Gasteiger partial charge in [0.1, 0.15) is 11.6 Å². The molecule has 27 heavy (non-hydrogen) atoms. The molecule has 5 nitrogen and oxygen atoms in total. The molecule has 0 radical (unpaired) electrons. The van der Waals surface area contributed by atoms with Gasteiger partial charge >= 0.3 is 0 Å². The highest BCUT2D eigenvalue weighted by Crippen LogP contribution is 2.27. The van der Waals surface area contributed by atoms with Crippen LogP contribution in [0.25, 0.3) is 11.3 Å². The van der Waals surface area contributed by atoms with E-state index in [9.17, 15) is 18.4 Å². The van der Waals surface area contributed by atoms with E-state index in [4.69, 9.17) is 11.6 Å². The zero-order chi connectivity index (χ0) is 19.4. The van der Waals surface area contributed by atoms with Crippen molar-refractivity contribution in [1.82, 2.24) is 10.3 Å². The quantitative estimate of drug-likeness (QED) is 0.668. The molecule has 2 amide bonds. The van der Waals surface area contributed by atoms with Gasteiger partial charge in [-0.15, -0.1) is 11.3 Å². The highest BCUT2D eigenvalue weighted by Gasteiger charge is 2.14. The first-order valence-electron chi connectivity index (χ1n) is 7.67. The number of rotatable bonds is 5. The van der Waals surface area contributed by atoms with Crippen LogP contribution in [0, 0.1) is 11.6 Å². The smallest absolute Gasteiger partial charge is 0.253 e. The van der Waals surface area contributed by atoms with Crippen molar-refractivity contribution in [2.24, 2.45) is 0 Å². The first-order valence-corrected chi connectivity index (χ1v) is 8.93. The number of halogens is 3. The Morgan fingerprint density at radius 3 is 2.70 bits per heavy atom. The Morgan fingerprint density at radius 2 is 1.93 bits per heavy atom. The second-order valence-corrected chi connectivity index (χ2v) is 6.64. The average Bonchev–Trinajstić information content (AvgIpc) is 3.10. The Morgan fingerprint density at radius 1 is 1.15 bits per heavy atom. The molecule has 3 rings (SSSR count). The van der Waals surface area contributed by atoms with Crippen LogP contribution >= 0.6 is 22.9 Å². The van der Waals surface area contributed by atoms with Crippen LogP contribution in [0.15, 0.2) is 47.8 Å². The molecule has 1 aromatic heterocycles. The van der Waals surface area contributed by atoms with E-state index < -0.39 is 23.4 Å². The monoisotopic (exact) mass is 407 g/mol. The molecule has 9 heteroatoms. The summed E-state index contributed by atoms with van der Waals surface area (Å²) in [7, 11) is 0. The van der Waals surface area contributed by atoms with Crippen molar-refractivity contribution < 1.29 is 18.4 Å². The van der Waals surface area contributed by atoms with Crippen LogP contribution in [-0.4, -0.2) is 23.3 Å². The molecule has 0 aliphatic heterocycles. The van der Waals surface area contributed by atoms with Crippen molar-refractivity contribution in [1.29, 1.82) is 0 Å². The van der Waals surface area contributed by atoms with E-state index in [2.05, 4.69) is 15.6 Å². The van der Waals surface area contributed by atoms with Crippen LogP contribution in [0.3, 0.4) is 0 Å². The van der Waals surface area contributed by atoms with E-state index in [0.717, 1.165) is 29.5 Å². The summed E-state index contributed by atoms with van der Waals surface area (Å²) in [5.41, 5.74) is 0.455. The first kappa shape index (κ1) is 18.9. The molecule has 0 aliphatic carbocycles. The molecular formula is C18H12ClF2N3O2S. The number of nitrogens with zero attached hydrogens (tertiary/aromatic N) is 1. The fourth-order valence-electron chi connectivity index (χ4n) is 2.21. The number of hydrogen-bond donors (Lipinski definition) is 2. The number of hydrogen-bond acceptors (Lipinski definition) is 4. The van der Waals surface area contributed by atoms with Crippen LogP contribution < -0.4 is 10.6 Å². The second-order valence-electron chi connectivity index (χ2n) is 5.37. The molecule has 1 heterocycles. The minimum Gasteiger partial charge on any atom is -0.343 e.